The van der Waals surface area contributed by atoms with Gasteiger partial charge in [0.15, 0.2) is 0 Å². The van der Waals surface area contributed by atoms with Gasteiger partial charge in [-0.25, -0.2) is 8.78 Å². The molecule has 0 aromatic heterocycles. The lowest BCUT2D eigenvalue weighted by Crippen LogP contribution is -2.34. The second-order valence-corrected chi connectivity index (χ2v) is 4.94. The van der Waals surface area contributed by atoms with Gasteiger partial charge in [-0.1, -0.05) is 12.1 Å². The quantitative estimate of drug-likeness (QED) is 0.826. The molecule has 2 aromatic carbocycles. The third kappa shape index (κ3) is 3.21. The van der Waals surface area contributed by atoms with Crippen molar-refractivity contribution in [2.45, 2.75) is 18.6 Å². The fourth-order valence-corrected chi connectivity index (χ4v) is 2.03. The van der Waals surface area contributed by atoms with Crippen LogP contribution < -0.4 is 5.73 Å². The minimum Gasteiger partial charge on any atom is -0.318 e. The Morgan fingerprint density at radius 3 is 1.62 bits per heavy atom. The summed E-state index contributed by atoms with van der Waals surface area (Å²) >= 11 is 0. The standard InChI is InChI=1S/C15H12F5N/c1-14(21,11-6-12(16)8-13(17)7-11)9-2-4-10(5-3-9)15(18,19)20/h2-8H,21H2,1H3. The maximum Gasteiger partial charge on any atom is 0.416 e. The molecule has 6 heteroatoms. The summed E-state index contributed by atoms with van der Waals surface area (Å²) in [6.07, 6.45) is -4.45. The Hall–Kier alpha value is -1.95. The van der Waals surface area contributed by atoms with Gasteiger partial charge in [0.1, 0.15) is 11.6 Å². The predicted octanol–water partition coefficient (Wildman–Crippen LogP) is 4.21. The van der Waals surface area contributed by atoms with Crippen molar-refractivity contribution in [2.75, 3.05) is 0 Å². The van der Waals surface area contributed by atoms with Gasteiger partial charge in [-0.2, -0.15) is 13.2 Å². The Balaban J connectivity index is 2.43. The molecule has 0 amide bonds. The lowest BCUT2D eigenvalue weighted by atomic mass is 9.85. The molecule has 0 radical (unpaired) electrons. The third-order valence-corrected chi connectivity index (χ3v) is 3.27. The zero-order valence-electron chi connectivity index (χ0n) is 11.0. The van der Waals surface area contributed by atoms with Crippen LogP contribution in [-0.4, -0.2) is 0 Å². The van der Waals surface area contributed by atoms with Crippen LogP contribution in [-0.2, 0) is 11.7 Å². The van der Waals surface area contributed by atoms with Gasteiger partial charge in [0, 0.05) is 6.07 Å². The summed E-state index contributed by atoms with van der Waals surface area (Å²) in [6, 6.07) is 6.98. The zero-order valence-corrected chi connectivity index (χ0v) is 11.0. The van der Waals surface area contributed by atoms with Crippen molar-refractivity contribution in [3.8, 4) is 0 Å². The lowest BCUT2D eigenvalue weighted by molar-refractivity contribution is -0.137. The van der Waals surface area contributed by atoms with Gasteiger partial charge in [-0.15, -0.1) is 0 Å². The van der Waals surface area contributed by atoms with E-state index < -0.39 is 28.9 Å². The highest BCUT2D eigenvalue weighted by Crippen LogP contribution is 2.32. The monoisotopic (exact) mass is 301 g/mol. The number of nitrogens with two attached hydrogens (primary N) is 1. The van der Waals surface area contributed by atoms with Crippen molar-refractivity contribution in [3.63, 3.8) is 0 Å². The molecule has 0 heterocycles. The molecule has 1 nitrogen and oxygen atoms in total. The normalized spacial score (nSPS) is 14.8. The van der Waals surface area contributed by atoms with Crippen LogP contribution in [0.5, 0.6) is 0 Å². The molecule has 112 valence electrons. The first-order chi connectivity index (χ1) is 9.60. The molecule has 21 heavy (non-hydrogen) atoms. The summed E-state index contributed by atoms with van der Waals surface area (Å²) in [6.45, 7) is 1.48. The van der Waals surface area contributed by atoms with E-state index in [1.54, 1.807) is 0 Å². The molecule has 2 rings (SSSR count). The van der Waals surface area contributed by atoms with E-state index in [-0.39, 0.29) is 5.56 Å². The fourth-order valence-electron chi connectivity index (χ4n) is 2.03. The van der Waals surface area contributed by atoms with Crippen molar-refractivity contribution in [1.82, 2.24) is 0 Å². The summed E-state index contributed by atoms with van der Waals surface area (Å²) in [5.74, 6) is -1.60. The van der Waals surface area contributed by atoms with E-state index in [4.69, 9.17) is 5.73 Å². The van der Waals surface area contributed by atoms with Gasteiger partial charge in [0.2, 0.25) is 0 Å². The SMILES string of the molecule is CC(N)(c1ccc(C(F)(F)F)cc1)c1cc(F)cc(F)c1. The molecule has 0 aliphatic rings. The van der Waals surface area contributed by atoms with Crippen LogP contribution in [0.4, 0.5) is 22.0 Å². The van der Waals surface area contributed by atoms with E-state index in [9.17, 15) is 22.0 Å². The number of hydrogen-bond donors (Lipinski definition) is 1. The highest BCUT2D eigenvalue weighted by atomic mass is 19.4. The molecule has 2 aromatic rings. The predicted molar refractivity (Wildman–Crippen MR) is 68.4 cm³/mol. The Morgan fingerprint density at radius 2 is 1.19 bits per heavy atom. The van der Waals surface area contributed by atoms with Gasteiger partial charge in [0.05, 0.1) is 11.1 Å². The van der Waals surface area contributed by atoms with E-state index in [0.717, 1.165) is 24.3 Å². The average molecular weight is 301 g/mol. The van der Waals surface area contributed by atoms with Gasteiger partial charge in [-0.05, 0) is 42.3 Å². The second kappa shape index (κ2) is 5.11. The maximum atomic E-state index is 13.3. The largest absolute Gasteiger partial charge is 0.416 e. The summed E-state index contributed by atoms with van der Waals surface area (Å²) in [7, 11) is 0. The van der Waals surface area contributed by atoms with E-state index in [0.29, 0.717) is 11.6 Å². The Bertz CT molecular complexity index is 624. The van der Waals surface area contributed by atoms with Crippen molar-refractivity contribution >= 4 is 0 Å². The van der Waals surface area contributed by atoms with E-state index in [2.05, 4.69) is 0 Å². The Kier molecular flexibility index (Phi) is 3.76. The van der Waals surface area contributed by atoms with Crippen molar-refractivity contribution < 1.29 is 22.0 Å². The molecular weight excluding hydrogens is 289 g/mol. The average Bonchev–Trinajstić information content (AvgIpc) is 2.36. The molecule has 0 fully saturated rings. The number of rotatable bonds is 2. The van der Waals surface area contributed by atoms with Crippen LogP contribution in [0, 0.1) is 11.6 Å². The summed E-state index contributed by atoms with van der Waals surface area (Å²) in [5.41, 5.74) is 4.38. The molecule has 2 N–H and O–H groups in total. The van der Waals surface area contributed by atoms with Gasteiger partial charge < -0.3 is 5.73 Å². The van der Waals surface area contributed by atoms with Crippen molar-refractivity contribution in [3.05, 3.63) is 70.8 Å². The summed E-state index contributed by atoms with van der Waals surface area (Å²) in [5, 5.41) is 0. The number of halogens is 5. The minimum atomic E-state index is -4.45. The van der Waals surface area contributed by atoms with Crippen molar-refractivity contribution in [2.24, 2.45) is 5.73 Å². The Morgan fingerprint density at radius 1 is 0.762 bits per heavy atom. The second-order valence-electron chi connectivity index (χ2n) is 4.94. The third-order valence-electron chi connectivity index (χ3n) is 3.27. The Labute approximate surface area is 118 Å². The topological polar surface area (TPSA) is 26.0 Å². The molecule has 0 aliphatic heterocycles. The lowest BCUT2D eigenvalue weighted by Gasteiger charge is -2.26. The molecular formula is C15H12F5N. The molecule has 0 bridgehead atoms. The van der Waals surface area contributed by atoms with Crippen LogP contribution >= 0.6 is 0 Å². The first-order valence-electron chi connectivity index (χ1n) is 6.04. The van der Waals surface area contributed by atoms with Gasteiger partial charge >= 0.3 is 6.18 Å². The molecule has 0 aliphatic carbocycles. The highest BCUT2D eigenvalue weighted by molar-refractivity contribution is 5.39. The van der Waals surface area contributed by atoms with Gasteiger partial charge in [0.25, 0.3) is 0 Å². The van der Waals surface area contributed by atoms with Crippen LogP contribution in [0.1, 0.15) is 23.6 Å². The fraction of sp³-hybridized carbons (Fsp3) is 0.200. The minimum absolute atomic E-state index is 0.139. The van der Waals surface area contributed by atoms with E-state index in [1.165, 1.54) is 19.1 Å². The summed E-state index contributed by atoms with van der Waals surface area (Å²) < 4.78 is 64.0. The highest BCUT2D eigenvalue weighted by Gasteiger charge is 2.31. The number of benzene rings is 2. The molecule has 0 saturated carbocycles. The van der Waals surface area contributed by atoms with E-state index >= 15 is 0 Å². The van der Waals surface area contributed by atoms with Crippen LogP contribution in [0.15, 0.2) is 42.5 Å². The van der Waals surface area contributed by atoms with Crippen LogP contribution in [0.2, 0.25) is 0 Å². The van der Waals surface area contributed by atoms with Crippen LogP contribution in [0.25, 0.3) is 0 Å². The number of hydrogen-bond acceptors (Lipinski definition) is 1. The first-order valence-corrected chi connectivity index (χ1v) is 6.04. The number of alkyl halides is 3. The van der Waals surface area contributed by atoms with Crippen LogP contribution in [0.3, 0.4) is 0 Å². The smallest absolute Gasteiger partial charge is 0.318 e. The van der Waals surface area contributed by atoms with Gasteiger partial charge in [-0.3, -0.25) is 0 Å². The van der Waals surface area contributed by atoms with Crippen molar-refractivity contribution in [1.29, 1.82) is 0 Å². The summed E-state index contributed by atoms with van der Waals surface area (Å²) in [4.78, 5) is 0. The molecule has 0 saturated heterocycles. The molecule has 1 unspecified atom stereocenters. The maximum absolute atomic E-state index is 13.3. The molecule has 1 atom stereocenters. The van der Waals surface area contributed by atoms with E-state index in [1.807, 2.05) is 0 Å². The zero-order chi connectivity index (χ0) is 15.8. The molecule has 0 spiro atoms. The first kappa shape index (κ1) is 15.4.